The molecule has 2 heterocycles. The SMILES string of the molecule is CC(C)=CCOc1c2c(cc3ccc(=O)oc13)CCC(C)(C)O2. The van der Waals surface area contributed by atoms with Gasteiger partial charge in [-0.1, -0.05) is 5.57 Å². The van der Waals surface area contributed by atoms with E-state index in [1.54, 1.807) is 6.07 Å². The maximum absolute atomic E-state index is 11.6. The molecule has 3 rings (SSSR count). The summed E-state index contributed by atoms with van der Waals surface area (Å²) < 4.78 is 17.5. The summed E-state index contributed by atoms with van der Waals surface area (Å²) in [5.41, 5.74) is 2.07. The first-order valence-corrected chi connectivity index (χ1v) is 7.91. The van der Waals surface area contributed by atoms with Crippen LogP contribution >= 0.6 is 0 Å². The van der Waals surface area contributed by atoms with Gasteiger partial charge >= 0.3 is 5.63 Å². The Hall–Kier alpha value is -2.23. The lowest BCUT2D eigenvalue weighted by Gasteiger charge is -2.33. The van der Waals surface area contributed by atoms with Gasteiger partial charge in [0.25, 0.3) is 0 Å². The van der Waals surface area contributed by atoms with E-state index in [1.807, 2.05) is 26.0 Å². The predicted octanol–water partition coefficient (Wildman–Crippen LogP) is 4.24. The molecule has 0 bridgehead atoms. The van der Waals surface area contributed by atoms with E-state index in [1.165, 1.54) is 11.6 Å². The summed E-state index contributed by atoms with van der Waals surface area (Å²) in [6.45, 7) is 8.56. The zero-order chi connectivity index (χ0) is 16.6. The van der Waals surface area contributed by atoms with Gasteiger partial charge < -0.3 is 13.9 Å². The number of benzene rings is 1. The fraction of sp³-hybridized carbons (Fsp3) is 0.421. The summed E-state index contributed by atoms with van der Waals surface area (Å²) in [7, 11) is 0. The number of fused-ring (bicyclic) bond motifs is 2. The average molecular weight is 314 g/mol. The molecule has 0 aliphatic carbocycles. The van der Waals surface area contributed by atoms with E-state index in [0.29, 0.717) is 23.7 Å². The zero-order valence-electron chi connectivity index (χ0n) is 14.1. The summed E-state index contributed by atoms with van der Waals surface area (Å²) in [5, 5.41) is 0.860. The quantitative estimate of drug-likeness (QED) is 0.628. The molecule has 122 valence electrons. The first kappa shape index (κ1) is 15.7. The van der Waals surface area contributed by atoms with Crippen molar-refractivity contribution in [1.82, 2.24) is 0 Å². The molecule has 4 nitrogen and oxygen atoms in total. The molecule has 1 aliphatic heterocycles. The molecule has 0 N–H and O–H groups in total. The lowest BCUT2D eigenvalue weighted by molar-refractivity contribution is 0.0799. The molecule has 0 saturated carbocycles. The molecule has 4 heteroatoms. The highest BCUT2D eigenvalue weighted by Crippen LogP contribution is 2.44. The number of ether oxygens (including phenoxy) is 2. The first-order valence-electron chi connectivity index (χ1n) is 7.91. The highest BCUT2D eigenvalue weighted by atomic mass is 16.5. The van der Waals surface area contributed by atoms with Gasteiger partial charge in [0, 0.05) is 11.5 Å². The van der Waals surface area contributed by atoms with Gasteiger partial charge in [0.1, 0.15) is 12.2 Å². The molecule has 0 atom stereocenters. The molecule has 2 aromatic rings. The van der Waals surface area contributed by atoms with Gasteiger partial charge in [-0.25, -0.2) is 4.79 Å². The predicted molar refractivity (Wildman–Crippen MR) is 90.4 cm³/mol. The van der Waals surface area contributed by atoms with Gasteiger partial charge in [-0.3, -0.25) is 0 Å². The summed E-state index contributed by atoms with van der Waals surface area (Å²) in [6.07, 6.45) is 3.84. The monoisotopic (exact) mass is 314 g/mol. The van der Waals surface area contributed by atoms with Crippen LogP contribution in [0.1, 0.15) is 39.7 Å². The Balaban J connectivity index is 2.16. The zero-order valence-corrected chi connectivity index (χ0v) is 14.1. The Kier molecular flexibility index (Phi) is 3.92. The van der Waals surface area contributed by atoms with Gasteiger partial charge in [-0.15, -0.1) is 0 Å². The van der Waals surface area contributed by atoms with Crippen molar-refractivity contribution in [2.75, 3.05) is 6.61 Å². The number of aryl methyl sites for hydroxylation is 1. The van der Waals surface area contributed by atoms with Gasteiger partial charge in [0.15, 0.2) is 11.3 Å². The van der Waals surface area contributed by atoms with Crippen LogP contribution in [-0.4, -0.2) is 12.2 Å². The van der Waals surface area contributed by atoms with Crippen LogP contribution in [0.4, 0.5) is 0 Å². The molecule has 1 aromatic carbocycles. The molecule has 23 heavy (non-hydrogen) atoms. The van der Waals surface area contributed by atoms with E-state index in [2.05, 4.69) is 13.8 Å². The number of rotatable bonds is 3. The van der Waals surface area contributed by atoms with Gasteiger partial charge in [-0.05, 0) is 64.3 Å². The number of hydrogen-bond acceptors (Lipinski definition) is 4. The second-order valence-electron chi connectivity index (χ2n) is 6.82. The van der Waals surface area contributed by atoms with E-state index >= 15 is 0 Å². The van der Waals surface area contributed by atoms with Crippen molar-refractivity contribution in [3.8, 4) is 11.5 Å². The number of allylic oxidation sites excluding steroid dienone is 1. The summed E-state index contributed by atoms with van der Waals surface area (Å²) in [4.78, 5) is 11.6. The lowest BCUT2D eigenvalue weighted by Crippen LogP contribution is -2.32. The summed E-state index contributed by atoms with van der Waals surface area (Å²) >= 11 is 0. The second kappa shape index (κ2) is 5.76. The minimum absolute atomic E-state index is 0.260. The third-order valence-electron chi connectivity index (χ3n) is 3.99. The largest absolute Gasteiger partial charge is 0.484 e. The second-order valence-corrected chi connectivity index (χ2v) is 6.82. The molecular formula is C19H22O4. The molecule has 0 unspecified atom stereocenters. The van der Waals surface area contributed by atoms with E-state index in [9.17, 15) is 4.79 Å². The van der Waals surface area contributed by atoms with Crippen molar-refractivity contribution in [1.29, 1.82) is 0 Å². The minimum Gasteiger partial charge on any atom is -0.484 e. The topological polar surface area (TPSA) is 48.7 Å². The highest BCUT2D eigenvalue weighted by Gasteiger charge is 2.31. The first-order chi connectivity index (χ1) is 10.9. The molecule has 0 amide bonds. The fourth-order valence-corrected chi connectivity index (χ4v) is 2.70. The molecule has 1 aliphatic rings. The average Bonchev–Trinajstić information content (AvgIpc) is 2.46. The van der Waals surface area contributed by atoms with Crippen molar-refractivity contribution in [3.63, 3.8) is 0 Å². The Morgan fingerprint density at radius 3 is 2.87 bits per heavy atom. The Morgan fingerprint density at radius 1 is 1.35 bits per heavy atom. The molecule has 0 fully saturated rings. The highest BCUT2D eigenvalue weighted by molar-refractivity contribution is 5.87. The van der Waals surface area contributed by atoms with E-state index in [4.69, 9.17) is 13.9 Å². The Labute approximate surface area is 135 Å². The van der Waals surface area contributed by atoms with Crippen LogP contribution in [0.15, 0.2) is 39.1 Å². The number of hydrogen-bond donors (Lipinski definition) is 0. The summed E-state index contributed by atoms with van der Waals surface area (Å²) in [6, 6.07) is 5.23. The molecule has 1 aromatic heterocycles. The van der Waals surface area contributed by atoms with Gasteiger partial charge in [0.05, 0.1) is 0 Å². The normalized spacial score (nSPS) is 15.7. The van der Waals surface area contributed by atoms with Crippen LogP contribution in [0.5, 0.6) is 11.5 Å². The standard InChI is InChI=1S/C19H22O4/c1-12(2)8-10-21-18-16-13(5-6-15(20)22-16)11-14-7-9-19(3,4)23-17(14)18/h5-6,8,11H,7,9-10H2,1-4H3. The van der Waals surface area contributed by atoms with Crippen molar-refractivity contribution in [2.45, 2.75) is 46.1 Å². The Bertz CT molecular complexity index is 823. The van der Waals surface area contributed by atoms with Crippen LogP contribution < -0.4 is 15.1 Å². The maximum atomic E-state index is 11.6. The van der Waals surface area contributed by atoms with Crippen molar-refractivity contribution >= 4 is 11.0 Å². The third kappa shape index (κ3) is 3.26. The molecule has 0 spiro atoms. The third-order valence-corrected chi connectivity index (χ3v) is 3.99. The van der Waals surface area contributed by atoms with E-state index < -0.39 is 0 Å². The van der Waals surface area contributed by atoms with Gasteiger partial charge in [-0.2, -0.15) is 0 Å². The Morgan fingerprint density at radius 2 is 2.13 bits per heavy atom. The summed E-state index contributed by atoms with van der Waals surface area (Å²) in [5.74, 6) is 1.23. The maximum Gasteiger partial charge on any atom is 0.336 e. The van der Waals surface area contributed by atoms with Crippen molar-refractivity contribution in [2.24, 2.45) is 0 Å². The van der Waals surface area contributed by atoms with Crippen LogP contribution in [-0.2, 0) is 6.42 Å². The smallest absolute Gasteiger partial charge is 0.336 e. The van der Waals surface area contributed by atoms with Crippen molar-refractivity contribution < 1.29 is 13.9 Å². The van der Waals surface area contributed by atoms with Crippen LogP contribution in [0.2, 0.25) is 0 Å². The van der Waals surface area contributed by atoms with Gasteiger partial charge in [0.2, 0.25) is 5.75 Å². The fourth-order valence-electron chi connectivity index (χ4n) is 2.70. The lowest BCUT2D eigenvalue weighted by atomic mass is 9.93. The van der Waals surface area contributed by atoms with E-state index in [-0.39, 0.29) is 11.2 Å². The van der Waals surface area contributed by atoms with Crippen LogP contribution in [0.25, 0.3) is 11.0 Å². The molecule has 0 radical (unpaired) electrons. The molecule has 0 saturated heterocycles. The minimum atomic E-state index is -0.389. The van der Waals surface area contributed by atoms with Crippen LogP contribution in [0.3, 0.4) is 0 Å². The van der Waals surface area contributed by atoms with E-state index in [0.717, 1.165) is 23.8 Å². The van der Waals surface area contributed by atoms with Crippen LogP contribution in [0, 0.1) is 0 Å². The molecular weight excluding hydrogens is 292 g/mol. The van der Waals surface area contributed by atoms with Crippen molar-refractivity contribution in [3.05, 3.63) is 45.8 Å².